The van der Waals surface area contributed by atoms with Gasteiger partial charge in [-0.25, -0.2) is 0 Å². The van der Waals surface area contributed by atoms with Gasteiger partial charge in [0.2, 0.25) is 5.91 Å². The maximum atomic E-state index is 12.5. The third kappa shape index (κ3) is 3.44. The summed E-state index contributed by atoms with van der Waals surface area (Å²) in [4.78, 5) is 23.8. The number of amides is 1. The lowest BCUT2D eigenvalue weighted by Gasteiger charge is -2.10. The van der Waals surface area contributed by atoms with E-state index in [0.717, 1.165) is 34.7 Å². The van der Waals surface area contributed by atoms with Crippen LogP contribution < -0.4 is 5.32 Å². The third-order valence-corrected chi connectivity index (χ3v) is 4.70. The Morgan fingerprint density at radius 3 is 2.76 bits per heavy atom. The van der Waals surface area contributed by atoms with Crippen LogP contribution in [0.15, 0.2) is 42.6 Å². The van der Waals surface area contributed by atoms with Crippen LogP contribution in [0.1, 0.15) is 28.4 Å². The predicted octanol–water partition coefficient (Wildman–Crippen LogP) is 4.62. The molecule has 0 aliphatic carbocycles. The number of carbonyl (C=O) groups excluding carboxylic acids is 2. The Bertz CT molecular complexity index is 960. The molecular weight excluding hydrogens is 336 g/mol. The normalized spacial score (nSPS) is 10.8. The number of halogens is 1. The van der Waals surface area contributed by atoms with Crippen LogP contribution >= 0.6 is 11.6 Å². The fourth-order valence-electron chi connectivity index (χ4n) is 3.05. The maximum absolute atomic E-state index is 12.5. The van der Waals surface area contributed by atoms with E-state index < -0.39 is 0 Å². The first-order valence-corrected chi connectivity index (χ1v) is 8.53. The van der Waals surface area contributed by atoms with Crippen molar-refractivity contribution in [1.29, 1.82) is 0 Å². The number of benzene rings is 2. The van der Waals surface area contributed by atoms with Crippen molar-refractivity contribution in [2.75, 3.05) is 5.32 Å². The van der Waals surface area contributed by atoms with Gasteiger partial charge in [0.05, 0.1) is 5.52 Å². The Morgan fingerprint density at radius 2 is 2.08 bits per heavy atom. The molecule has 0 saturated heterocycles. The Balaban J connectivity index is 1.90. The SMILES string of the molecule is CCc1cccc2c(C=O)cn(CC(=O)Nc3ccc(Cl)c(C)c3)c12. The molecule has 1 heterocycles. The highest BCUT2D eigenvalue weighted by Crippen LogP contribution is 2.25. The third-order valence-electron chi connectivity index (χ3n) is 4.28. The summed E-state index contributed by atoms with van der Waals surface area (Å²) in [6.07, 6.45) is 3.40. The lowest BCUT2D eigenvalue weighted by atomic mass is 10.1. The second-order valence-corrected chi connectivity index (χ2v) is 6.42. The van der Waals surface area contributed by atoms with Crippen LogP contribution in [-0.2, 0) is 17.8 Å². The van der Waals surface area contributed by atoms with Crippen LogP contribution in [0, 0.1) is 6.92 Å². The number of aldehydes is 1. The van der Waals surface area contributed by atoms with Gasteiger partial charge in [-0.3, -0.25) is 9.59 Å². The highest BCUT2D eigenvalue weighted by Gasteiger charge is 2.13. The zero-order chi connectivity index (χ0) is 18.0. The summed E-state index contributed by atoms with van der Waals surface area (Å²) in [6.45, 7) is 4.09. The number of hydrogen-bond donors (Lipinski definition) is 1. The average molecular weight is 355 g/mol. The molecule has 0 atom stereocenters. The van der Waals surface area contributed by atoms with Crippen LogP contribution in [0.2, 0.25) is 5.02 Å². The van der Waals surface area contributed by atoms with Crippen LogP contribution in [0.4, 0.5) is 5.69 Å². The summed E-state index contributed by atoms with van der Waals surface area (Å²) >= 11 is 6.01. The van der Waals surface area contributed by atoms with E-state index in [1.165, 1.54) is 0 Å². The van der Waals surface area contributed by atoms with Crippen molar-refractivity contribution < 1.29 is 9.59 Å². The Kier molecular flexibility index (Phi) is 4.91. The maximum Gasteiger partial charge on any atom is 0.244 e. The summed E-state index contributed by atoms with van der Waals surface area (Å²) in [6, 6.07) is 11.2. The van der Waals surface area contributed by atoms with E-state index in [9.17, 15) is 9.59 Å². The number of hydrogen-bond acceptors (Lipinski definition) is 2. The largest absolute Gasteiger partial charge is 0.337 e. The first-order chi connectivity index (χ1) is 12.0. The molecule has 0 bridgehead atoms. The molecule has 0 saturated carbocycles. The molecule has 0 radical (unpaired) electrons. The van der Waals surface area contributed by atoms with E-state index in [4.69, 9.17) is 11.6 Å². The second-order valence-electron chi connectivity index (χ2n) is 6.01. The van der Waals surface area contributed by atoms with Gasteiger partial charge in [-0.15, -0.1) is 0 Å². The smallest absolute Gasteiger partial charge is 0.244 e. The standard InChI is InChI=1S/C20H19ClN2O2/c1-3-14-5-4-6-17-15(12-24)10-23(20(14)17)11-19(25)22-16-7-8-18(21)13(2)9-16/h4-10,12H,3,11H2,1-2H3,(H,22,25). The molecule has 0 spiro atoms. The van der Waals surface area contributed by atoms with Gasteiger partial charge in [-0.2, -0.15) is 0 Å². The summed E-state index contributed by atoms with van der Waals surface area (Å²) < 4.78 is 1.84. The van der Waals surface area contributed by atoms with Crippen molar-refractivity contribution in [1.82, 2.24) is 4.57 Å². The van der Waals surface area contributed by atoms with Crippen molar-refractivity contribution in [2.45, 2.75) is 26.8 Å². The van der Waals surface area contributed by atoms with Crippen molar-refractivity contribution in [3.8, 4) is 0 Å². The van der Waals surface area contributed by atoms with Crippen molar-refractivity contribution in [3.05, 3.63) is 64.3 Å². The molecule has 0 aliphatic heterocycles. The van der Waals surface area contributed by atoms with Crippen molar-refractivity contribution in [2.24, 2.45) is 0 Å². The second kappa shape index (κ2) is 7.11. The molecule has 4 nitrogen and oxygen atoms in total. The molecule has 25 heavy (non-hydrogen) atoms. The molecule has 3 aromatic rings. The van der Waals surface area contributed by atoms with Gasteiger partial charge in [0.15, 0.2) is 6.29 Å². The molecule has 0 fully saturated rings. The minimum absolute atomic E-state index is 0.142. The fraction of sp³-hybridized carbons (Fsp3) is 0.200. The molecule has 3 rings (SSSR count). The van der Waals surface area contributed by atoms with Crippen LogP contribution in [0.25, 0.3) is 10.9 Å². The van der Waals surface area contributed by atoms with E-state index in [1.807, 2.05) is 35.8 Å². The summed E-state index contributed by atoms with van der Waals surface area (Å²) in [5.74, 6) is -0.151. The average Bonchev–Trinajstić information content (AvgIpc) is 2.96. The summed E-state index contributed by atoms with van der Waals surface area (Å²) in [5, 5.41) is 4.42. The van der Waals surface area contributed by atoms with Crippen molar-refractivity contribution >= 4 is 40.4 Å². The number of nitrogens with zero attached hydrogens (tertiary/aromatic N) is 1. The zero-order valence-corrected chi connectivity index (χ0v) is 14.9. The quantitative estimate of drug-likeness (QED) is 0.680. The van der Waals surface area contributed by atoms with Crippen LogP contribution in [0.3, 0.4) is 0 Å². The van der Waals surface area contributed by atoms with E-state index in [-0.39, 0.29) is 12.5 Å². The minimum atomic E-state index is -0.151. The number of nitrogens with one attached hydrogen (secondary N) is 1. The van der Waals surface area contributed by atoms with Crippen LogP contribution in [-0.4, -0.2) is 16.8 Å². The lowest BCUT2D eigenvalue weighted by Crippen LogP contribution is -2.18. The van der Waals surface area contributed by atoms with Crippen molar-refractivity contribution in [3.63, 3.8) is 0 Å². The molecule has 1 aromatic heterocycles. The first-order valence-electron chi connectivity index (χ1n) is 8.15. The molecule has 2 aromatic carbocycles. The van der Waals surface area contributed by atoms with Gasteiger partial charge < -0.3 is 9.88 Å². The highest BCUT2D eigenvalue weighted by atomic mass is 35.5. The van der Waals surface area contributed by atoms with E-state index in [0.29, 0.717) is 16.3 Å². The molecule has 0 unspecified atom stereocenters. The number of carbonyl (C=O) groups is 2. The van der Waals surface area contributed by atoms with Crippen LogP contribution in [0.5, 0.6) is 0 Å². The molecule has 1 amide bonds. The number of rotatable bonds is 5. The number of aryl methyl sites for hydroxylation is 2. The van der Waals surface area contributed by atoms with Gasteiger partial charge in [-0.05, 0) is 42.7 Å². The monoisotopic (exact) mass is 354 g/mol. The van der Waals surface area contributed by atoms with Gasteiger partial charge in [0, 0.05) is 27.9 Å². The van der Waals surface area contributed by atoms with E-state index in [1.54, 1.807) is 18.3 Å². The van der Waals surface area contributed by atoms with E-state index in [2.05, 4.69) is 12.2 Å². The fourth-order valence-corrected chi connectivity index (χ4v) is 3.16. The Labute approximate surface area is 151 Å². The van der Waals surface area contributed by atoms with Gasteiger partial charge in [0.1, 0.15) is 6.54 Å². The molecule has 1 N–H and O–H groups in total. The highest BCUT2D eigenvalue weighted by molar-refractivity contribution is 6.31. The number of anilines is 1. The molecule has 0 aliphatic rings. The minimum Gasteiger partial charge on any atom is -0.337 e. The Hall–Kier alpha value is -2.59. The lowest BCUT2D eigenvalue weighted by molar-refractivity contribution is -0.116. The van der Waals surface area contributed by atoms with Gasteiger partial charge >= 0.3 is 0 Å². The zero-order valence-electron chi connectivity index (χ0n) is 14.2. The first kappa shape index (κ1) is 17.2. The summed E-state index contributed by atoms with van der Waals surface area (Å²) in [5.41, 5.74) is 4.26. The molecular formula is C20H19ClN2O2. The van der Waals surface area contributed by atoms with Gasteiger partial charge in [-0.1, -0.05) is 36.7 Å². The molecule has 5 heteroatoms. The number of aromatic nitrogens is 1. The number of fused-ring (bicyclic) bond motifs is 1. The summed E-state index contributed by atoms with van der Waals surface area (Å²) in [7, 11) is 0. The van der Waals surface area contributed by atoms with E-state index >= 15 is 0 Å². The van der Waals surface area contributed by atoms with Gasteiger partial charge in [0.25, 0.3) is 0 Å². The molecule has 128 valence electrons. The Morgan fingerprint density at radius 1 is 1.28 bits per heavy atom. The topological polar surface area (TPSA) is 51.1 Å². The number of para-hydroxylation sites is 1. The predicted molar refractivity (Wildman–Crippen MR) is 102 cm³/mol.